The first-order valence-corrected chi connectivity index (χ1v) is 7.90. The highest BCUT2D eigenvalue weighted by Gasteiger charge is 2.19. The molecule has 1 aliphatic rings. The molecule has 1 aliphatic carbocycles. The zero-order valence-corrected chi connectivity index (χ0v) is 13.3. The minimum atomic E-state index is -0.474. The van der Waals surface area contributed by atoms with Gasteiger partial charge in [0, 0.05) is 21.7 Å². The van der Waals surface area contributed by atoms with E-state index in [-0.39, 0.29) is 17.6 Å². The van der Waals surface area contributed by atoms with Gasteiger partial charge in [-0.05, 0) is 41.5 Å². The molecule has 0 unspecified atom stereocenters. The summed E-state index contributed by atoms with van der Waals surface area (Å²) >= 11 is 2.03. The zero-order valence-electron chi connectivity index (χ0n) is 11.1. The Morgan fingerprint density at radius 3 is 2.50 bits per heavy atom. The van der Waals surface area contributed by atoms with Gasteiger partial charge in [-0.25, -0.2) is 0 Å². The maximum atomic E-state index is 12.3. The molecule has 0 heterocycles. The summed E-state index contributed by atoms with van der Waals surface area (Å²) in [6.07, 6.45) is 6.71. The van der Waals surface area contributed by atoms with Crippen molar-refractivity contribution in [3.63, 3.8) is 0 Å². The van der Waals surface area contributed by atoms with Crippen LogP contribution < -0.4 is 5.32 Å². The molecule has 1 amide bonds. The van der Waals surface area contributed by atoms with Crippen molar-refractivity contribution in [2.75, 3.05) is 0 Å². The number of rotatable bonds is 3. The first kappa shape index (κ1) is 15.2. The molecule has 1 aromatic carbocycles. The fraction of sp³-hybridized carbons (Fsp3) is 0.500. The highest BCUT2D eigenvalue weighted by molar-refractivity contribution is 14.1. The molecule has 0 bridgehead atoms. The molecule has 0 radical (unpaired) electrons. The van der Waals surface area contributed by atoms with E-state index in [0.29, 0.717) is 5.56 Å². The van der Waals surface area contributed by atoms with E-state index in [1.807, 2.05) is 22.6 Å². The van der Waals surface area contributed by atoms with Crippen LogP contribution in [0.2, 0.25) is 0 Å². The molecule has 0 atom stereocenters. The smallest absolute Gasteiger partial charge is 0.270 e. The van der Waals surface area contributed by atoms with Crippen LogP contribution in [0.15, 0.2) is 18.2 Å². The number of carbonyl (C=O) groups excluding carboxylic acids is 1. The third-order valence-corrected chi connectivity index (χ3v) is 4.54. The molecule has 0 aliphatic heterocycles. The van der Waals surface area contributed by atoms with Gasteiger partial charge in [-0.1, -0.05) is 25.7 Å². The lowest BCUT2D eigenvalue weighted by atomic mass is 10.1. The summed E-state index contributed by atoms with van der Waals surface area (Å²) in [5.41, 5.74) is 0.348. The van der Waals surface area contributed by atoms with Crippen LogP contribution in [-0.4, -0.2) is 16.9 Å². The second-order valence-corrected chi connectivity index (χ2v) is 6.25. The van der Waals surface area contributed by atoms with E-state index in [1.54, 1.807) is 6.07 Å². The number of non-ortho nitro benzene ring substituents is 1. The standard InChI is InChI=1S/C14H17IN2O3/c15-13-8-7-11(17(19)20)9-12(13)14(18)16-10-5-3-1-2-4-6-10/h7-10H,1-6H2,(H,16,18). The Kier molecular flexibility index (Phi) is 5.33. The van der Waals surface area contributed by atoms with E-state index >= 15 is 0 Å². The predicted octanol–water partition coefficient (Wildman–Crippen LogP) is 3.65. The van der Waals surface area contributed by atoms with Gasteiger partial charge in [0.05, 0.1) is 10.5 Å². The van der Waals surface area contributed by atoms with Crippen LogP contribution in [0.5, 0.6) is 0 Å². The molecule has 1 saturated carbocycles. The van der Waals surface area contributed by atoms with Gasteiger partial charge in [0.25, 0.3) is 11.6 Å². The van der Waals surface area contributed by atoms with E-state index in [4.69, 9.17) is 0 Å². The van der Waals surface area contributed by atoms with Gasteiger partial charge in [-0.3, -0.25) is 14.9 Å². The number of hydrogen-bond acceptors (Lipinski definition) is 3. The molecule has 0 spiro atoms. The molecule has 5 nitrogen and oxygen atoms in total. The average Bonchev–Trinajstić information content (AvgIpc) is 2.67. The van der Waals surface area contributed by atoms with Gasteiger partial charge in [0.1, 0.15) is 0 Å². The molecule has 1 aromatic rings. The van der Waals surface area contributed by atoms with Gasteiger partial charge in [-0.2, -0.15) is 0 Å². The average molecular weight is 388 g/mol. The number of nitrogens with one attached hydrogen (secondary N) is 1. The van der Waals surface area contributed by atoms with E-state index in [1.165, 1.54) is 25.0 Å². The summed E-state index contributed by atoms with van der Waals surface area (Å²) in [6.45, 7) is 0. The molecule has 108 valence electrons. The topological polar surface area (TPSA) is 72.2 Å². The Morgan fingerprint density at radius 1 is 1.25 bits per heavy atom. The summed E-state index contributed by atoms with van der Waals surface area (Å²) < 4.78 is 0.735. The van der Waals surface area contributed by atoms with Crippen molar-refractivity contribution in [2.45, 2.75) is 44.6 Å². The van der Waals surface area contributed by atoms with Crippen LogP contribution in [0.25, 0.3) is 0 Å². The van der Waals surface area contributed by atoms with Crippen LogP contribution in [0.4, 0.5) is 5.69 Å². The monoisotopic (exact) mass is 388 g/mol. The van der Waals surface area contributed by atoms with Gasteiger partial charge in [-0.15, -0.1) is 0 Å². The van der Waals surface area contributed by atoms with Crippen molar-refractivity contribution in [3.05, 3.63) is 37.4 Å². The van der Waals surface area contributed by atoms with Gasteiger partial charge < -0.3 is 5.32 Å². The van der Waals surface area contributed by atoms with Crippen LogP contribution >= 0.6 is 22.6 Å². The SMILES string of the molecule is O=C(NC1CCCCCC1)c1cc([N+](=O)[O-])ccc1I. The third kappa shape index (κ3) is 3.91. The number of benzene rings is 1. The fourth-order valence-corrected chi connectivity index (χ4v) is 3.07. The van der Waals surface area contributed by atoms with Crippen LogP contribution in [0, 0.1) is 13.7 Å². The largest absolute Gasteiger partial charge is 0.349 e. The first-order chi connectivity index (χ1) is 9.58. The second kappa shape index (κ2) is 7.01. The number of halogens is 1. The minimum Gasteiger partial charge on any atom is -0.349 e. The second-order valence-electron chi connectivity index (χ2n) is 5.08. The molecule has 0 aromatic heterocycles. The third-order valence-electron chi connectivity index (χ3n) is 3.60. The molecular formula is C14H17IN2O3. The maximum Gasteiger partial charge on any atom is 0.270 e. The molecular weight excluding hydrogens is 371 g/mol. The van der Waals surface area contributed by atoms with E-state index in [9.17, 15) is 14.9 Å². The fourth-order valence-electron chi connectivity index (χ4n) is 2.49. The number of nitrogens with zero attached hydrogens (tertiary/aromatic N) is 1. The zero-order chi connectivity index (χ0) is 14.5. The van der Waals surface area contributed by atoms with Crippen molar-refractivity contribution in [1.82, 2.24) is 5.32 Å². The van der Waals surface area contributed by atoms with Crippen molar-refractivity contribution < 1.29 is 9.72 Å². The van der Waals surface area contributed by atoms with Gasteiger partial charge in [0.2, 0.25) is 0 Å². The maximum absolute atomic E-state index is 12.3. The Hall–Kier alpha value is -1.18. The molecule has 1 N–H and O–H groups in total. The number of amides is 1. The summed E-state index contributed by atoms with van der Waals surface area (Å²) in [6, 6.07) is 4.58. The Morgan fingerprint density at radius 2 is 1.90 bits per heavy atom. The molecule has 2 rings (SSSR count). The lowest BCUT2D eigenvalue weighted by molar-refractivity contribution is -0.384. The van der Waals surface area contributed by atoms with Crippen molar-refractivity contribution in [3.8, 4) is 0 Å². The Bertz CT molecular complexity index is 511. The van der Waals surface area contributed by atoms with Gasteiger partial charge in [0.15, 0.2) is 0 Å². The molecule has 0 saturated heterocycles. The summed E-state index contributed by atoms with van der Waals surface area (Å²) in [5.74, 6) is -0.204. The molecule has 1 fully saturated rings. The van der Waals surface area contributed by atoms with Crippen molar-refractivity contribution in [2.24, 2.45) is 0 Å². The highest BCUT2D eigenvalue weighted by Crippen LogP contribution is 2.21. The number of hydrogen-bond donors (Lipinski definition) is 1. The lowest BCUT2D eigenvalue weighted by Gasteiger charge is -2.16. The van der Waals surface area contributed by atoms with E-state index in [0.717, 1.165) is 29.3 Å². The summed E-state index contributed by atoms with van der Waals surface area (Å²) in [4.78, 5) is 22.6. The van der Waals surface area contributed by atoms with Crippen molar-refractivity contribution >= 4 is 34.2 Å². The minimum absolute atomic E-state index is 0.0450. The lowest BCUT2D eigenvalue weighted by Crippen LogP contribution is -2.34. The summed E-state index contributed by atoms with van der Waals surface area (Å²) in [7, 11) is 0. The molecule has 6 heteroatoms. The van der Waals surface area contributed by atoms with E-state index < -0.39 is 4.92 Å². The highest BCUT2D eigenvalue weighted by atomic mass is 127. The number of carbonyl (C=O) groups is 1. The normalized spacial score (nSPS) is 16.4. The molecule has 20 heavy (non-hydrogen) atoms. The summed E-state index contributed by atoms with van der Waals surface area (Å²) in [5, 5.41) is 13.8. The quantitative estimate of drug-likeness (QED) is 0.372. The van der Waals surface area contributed by atoms with Crippen molar-refractivity contribution in [1.29, 1.82) is 0 Å². The van der Waals surface area contributed by atoms with E-state index in [2.05, 4.69) is 5.32 Å². The predicted molar refractivity (Wildman–Crippen MR) is 84.8 cm³/mol. The van der Waals surface area contributed by atoms with Crippen LogP contribution in [0.3, 0.4) is 0 Å². The number of nitro benzene ring substituents is 1. The van der Waals surface area contributed by atoms with Crippen LogP contribution in [-0.2, 0) is 0 Å². The Labute approximate surface area is 131 Å². The number of nitro groups is 1. The Balaban J connectivity index is 2.11. The van der Waals surface area contributed by atoms with Crippen LogP contribution in [0.1, 0.15) is 48.9 Å². The van der Waals surface area contributed by atoms with Gasteiger partial charge >= 0.3 is 0 Å². The first-order valence-electron chi connectivity index (χ1n) is 6.83.